The smallest absolute Gasteiger partial charge is 0.271 e. The fourth-order valence-corrected chi connectivity index (χ4v) is 3.37. The molecule has 1 N–H and O–H groups in total. The summed E-state index contributed by atoms with van der Waals surface area (Å²) in [5.41, 5.74) is 0.929. The average molecular weight is 466 g/mol. The number of carbonyl (C=O) groups excluding carboxylic acids is 3. The van der Waals surface area contributed by atoms with Crippen molar-refractivity contribution in [3.63, 3.8) is 0 Å². The molecule has 0 fully saturated rings. The lowest BCUT2D eigenvalue weighted by molar-refractivity contribution is -0.384. The largest absolute Gasteiger partial charge is 0.322 e. The van der Waals surface area contributed by atoms with Crippen LogP contribution in [-0.2, 0) is 0 Å². The van der Waals surface area contributed by atoms with Gasteiger partial charge in [-0.2, -0.15) is 0 Å². The van der Waals surface area contributed by atoms with Crippen LogP contribution >= 0.6 is 15.9 Å². The highest BCUT2D eigenvalue weighted by Crippen LogP contribution is 2.32. The van der Waals surface area contributed by atoms with Crippen LogP contribution in [0.3, 0.4) is 0 Å². The Balaban J connectivity index is 1.62. The summed E-state index contributed by atoms with van der Waals surface area (Å²) in [6.07, 6.45) is 0. The molecule has 0 saturated carbocycles. The number of nitro benzene ring substituents is 1. The Morgan fingerprint density at radius 2 is 1.63 bits per heavy atom. The number of nitrogens with one attached hydrogen (secondary N) is 1. The molecule has 0 aliphatic carbocycles. The highest BCUT2D eigenvalue weighted by molar-refractivity contribution is 9.10. The molecule has 0 radical (unpaired) electrons. The van der Waals surface area contributed by atoms with Crippen molar-refractivity contribution in [2.45, 2.75) is 0 Å². The van der Waals surface area contributed by atoms with Crippen molar-refractivity contribution < 1.29 is 19.3 Å². The normalized spacial score (nSPS) is 12.6. The zero-order chi connectivity index (χ0) is 21.4. The molecule has 4 rings (SSSR count). The van der Waals surface area contributed by atoms with Gasteiger partial charge in [0.2, 0.25) is 0 Å². The molecule has 0 spiro atoms. The van der Waals surface area contributed by atoms with Crippen LogP contribution in [0.1, 0.15) is 31.1 Å². The lowest BCUT2D eigenvalue weighted by atomic mass is 10.1. The van der Waals surface area contributed by atoms with Gasteiger partial charge in [-0.25, -0.2) is 4.90 Å². The number of nitro groups is 1. The van der Waals surface area contributed by atoms with Crippen molar-refractivity contribution in [3.05, 3.63) is 98.0 Å². The van der Waals surface area contributed by atoms with Crippen LogP contribution in [0.2, 0.25) is 0 Å². The van der Waals surface area contributed by atoms with Gasteiger partial charge in [-0.1, -0.05) is 22.0 Å². The number of fused-ring (bicyclic) bond motifs is 1. The highest BCUT2D eigenvalue weighted by atomic mass is 79.9. The van der Waals surface area contributed by atoms with Crippen molar-refractivity contribution >= 4 is 50.7 Å². The van der Waals surface area contributed by atoms with Crippen LogP contribution in [0.4, 0.5) is 17.1 Å². The Kier molecular flexibility index (Phi) is 4.88. The molecule has 0 saturated heterocycles. The third-order valence-electron chi connectivity index (χ3n) is 4.55. The van der Waals surface area contributed by atoms with Gasteiger partial charge < -0.3 is 5.32 Å². The van der Waals surface area contributed by atoms with Crippen molar-refractivity contribution in [2.24, 2.45) is 0 Å². The molecule has 1 aliphatic rings. The number of halogens is 1. The summed E-state index contributed by atoms with van der Waals surface area (Å²) >= 11 is 3.30. The maximum absolute atomic E-state index is 12.9. The Bertz CT molecular complexity index is 1220. The van der Waals surface area contributed by atoms with E-state index in [1.54, 1.807) is 24.3 Å². The molecule has 0 bridgehead atoms. The minimum atomic E-state index is -0.616. The number of rotatable bonds is 4. The molecular weight excluding hydrogens is 454 g/mol. The predicted octanol–water partition coefficient (Wildman–Crippen LogP) is 4.41. The van der Waals surface area contributed by atoms with E-state index < -0.39 is 16.7 Å². The van der Waals surface area contributed by atoms with Gasteiger partial charge in [0.05, 0.1) is 21.7 Å². The van der Waals surface area contributed by atoms with E-state index in [0.29, 0.717) is 11.3 Å². The SMILES string of the molecule is O=C(Nc1ccc2c(c1)C(=O)N(c1cccc([N+](=O)[O-])c1)C2=O)c1ccc(Br)cc1. The lowest BCUT2D eigenvalue weighted by Crippen LogP contribution is -2.29. The first-order valence-corrected chi connectivity index (χ1v) is 9.48. The number of amides is 3. The number of non-ortho nitro benzene ring substituents is 1. The van der Waals surface area contributed by atoms with E-state index in [2.05, 4.69) is 21.2 Å². The summed E-state index contributed by atoms with van der Waals surface area (Å²) in [4.78, 5) is 49.3. The molecule has 1 aliphatic heterocycles. The first-order valence-electron chi connectivity index (χ1n) is 8.69. The zero-order valence-corrected chi connectivity index (χ0v) is 16.8. The van der Waals surface area contributed by atoms with Crippen LogP contribution in [0.25, 0.3) is 0 Å². The summed E-state index contributed by atoms with van der Waals surface area (Å²) < 4.78 is 0.835. The number of benzene rings is 3. The molecule has 3 aromatic carbocycles. The summed E-state index contributed by atoms with van der Waals surface area (Å²) in [6.45, 7) is 0. The molecule has 148 valence electrons. The van der Waals surface area contributed by atoms with E-state index in [4.69, 9.17) is 0 Å². The number of hydrogen-bond donors (Lipinski definition) is 1. The fourth-order valence-electron chi connectivity index (χ4n) is 3.10. The second kappa shape index (κ2) is 7.53. The molecule has 3 amide bonds. The molecule has 0 atom stereocenters. The Hall–Kier alpha value is -3.85. The van der Waals surface area contributed by atoms with E-state index in [9.17, 15) is 24.5 Å². The van der Waals surface area contributed by atoms with Gasteiger partial charge in [-0.15, -0.1) is 0 Å². The van der Waals surface area contributed by atoms with Gasteiger partial charge in [0.1, 0.15) is 0 Å². The minimum Gasteiger partial charge on any atom is -0.322 e. The molecular formula is C21H12BrN3O5. The van der Waals surface area contributed by atoms with E-state index in [1.165, 1.54) is 36.4 Å². The summed E-state index contributed by atoms with van der Waals surface area (Å²) in [5.74, 6) is -1.56. The van der Waals surface area contributed by atoms with Crippen LogP contribution < -0.4 is 10.2 Å². The van der Waals surface area contributed by atoms with Crippen LogP contribution in [0.5, 0.6) is 0 Å². The van der Waals surface area contributed by atoms with Crippen molar-refractivity contribution in [2.75, 3.05) is 10.2 Å². The predicted molar refractivity (Wildman–Crippen MR) is 113 cm³/mol. The maximum atomic E-state index is 12.9. The van der Waals surface area contributed by atoms with Crippen molar-refractivity contribution in [1.29, 1.82) is 0 Å². The Labute approximate surface area is 178 Å². The molecule has 3 aromatic rings. The van der Waals surface area contributed by atoms with E-state index in [0.717, 1.165) is 15.4 Å². The molecule has 9 heteroatoms. The first-order chi connectivity index (χ1) is 14.3. The highest BCUT2D eigenvalue weighted by Gasteiger charge is 2.37. The fraction of sp³-hybridized carbons (Fsp3) is 0. The number of imide groups is 1. The summed E-state index contributed by atoms with van der Waals surface area (Å²) in [5, 5.41) is 13.7. The first kappa shape index (κ1) is 19.5. The topological polar surface area (TPSA) is 110 Å². The monoisotopic (exact) mass is 465 g/mol. The second-order valence-electron chi connectivity index (χ2n) is 6.44. The molecule has 0 unspecified atom stereocenters. The molecule has 0 aromatic heterocycles. The van der Waals surface area contributed by atoms with Crippen LogP contribution in [-0.4, -0.2) is 22.6 Å². The third kappa shape index (κ3) is 3.46. The van der Waals surface area contributed by atoms with Gasteiger partial charge >= 0.3 is 0 Å². The van der Waals surface area contributed by atoms with Crippen molar-refractivity contribution in [1.82, 2.24) is 0 Å². The lowest BCUT2D eigenvalue weighted by Gasteiger charge is -2.13. The number of carbonyl (C=O) groups is 3. The van der Waals surface area contributed by atoms with Gasteiger partial charge in [0.15, 0.2) is 0 Å². The Morgan fingerprint density at radius 1 is 0.933 bits per heavy atom. The molecule has 8 nitrogen and oxygen atoms in total. The number of nitrogens with zero attached hydrogens (tertiary/aromatic N) is 2. The van der Waals surface area contributed by atoms with E-state index in [1.807, 2.05) is 0 Å². The summed E-state index contributed by atoms with van der Waals surface area (Å²) in [7, 11) is 0. The number of hydrogen-bond acceptors (Lipinski definition) is 5. The van der Waals surface area contributed by atoms with E-state index >= 15 is 0 Å². The molecule has 1 heterocycles. The molecule has 30 heavy (non-hydrogen) atoms. The van der Waals surface area contributed by atoms with Gasteiger partial charge in [0, 0.05) is 27.9 Å². The van der Waals surface area contributed by atoms with E-state index in [-0.39, 0.29) is 28.4 Å². The maximum Gasteiger partial charge on any atom is 0.271 e. The van der Waals surface area contributed by atoms with Gasteiger partial charge in [-0.05, 0) is 48.5 Å². The second-order valence-corrected chi connectivity index (χ2v) is 7.36. The minimum absolute atomic E-state index is 0.107. The zero-order valence-electron chi connectivity index (χ0n) is 15.2. The van der Waals surface area contributed by atoms with Crippen molar-refractivity contribution in [3.8, 4) is 0 Å². The average Bonchev–Trinajstić information content (AvgIpc) is 2.98. The van der Waals surface area contributed by atoms with Gasteiger partial charge in [0.25, 0.3) is 23.4 Å². The summed E-state index contributed by atoms with van der Waals surface area (Å²) in [6, 6.07) is 16.4. The quantitative estimate of drug-likeness (QED) is 0.348. The van der Waals surface area contributed by atoms with Gasteiger partial charge in [-0.3, -0.25) is 24.5 Å². The number of anilines is 2. The van der Waals surface area contributed by atoms with Crippen LogP contribution in [0.15, 0.2) is 71.2 Å². The Morgan fingerprint density at radius 3 is 2.33 bits per heavy atom. The third-order valence-corrected chi connectivity index (χ3v) is 5.08. The van der Waals surface area contributed by atoms with Crippen LogP contribution in [0, 0.1) is 10.1 Å². The standard InChI is InChI=1S/C21H12BrN3O5/c22-13-6-4-12(5-7-13)19(26)23-14-8-9-17-18(10-14)21(28)24(20(17)27)15-2-1-3-16(11-15)25(29)30/h1-11H,(H,23,26).